The highest BCUT2D eigenvalue weighted by Crippen LogP contribution is 2.23. The number of hydrogen-bond donors (Lipinski definition) is 3. The first-order valence-electron chi connectivity index (χ1n) is 7.47. The highest BCUT2D eigenvalue weighted by Gasteiger charge is 2.27. The van der Waals surface area contributed by atoms with Crippen molar-refractivity contribution in [2.75, 3.05) is 13.1 Å². The molecule has 22 heavy (non-hydrogen) atoms. The Morgan fingerprint density at radius 1 is 1.45 bits per heavy atom. The average molecular weight is 345 g/mol. The first kappa shape index (κ1) is 17.4. The molecule has 1 aromatic heterocycles. The quantitative estimate of drug-likeness (QED) is 0.713. The fourth-order valence-electron chi connectivity index (χ4n) is 2.46. The Balaban J connectivity index is 1.97. The van der Waals surface area contributed by atoms with Crippen LogP contribution in [0.1, 0.15) is 31.6 Å². The lowest BCUT2D eigenvalue weighted by Gasteiger charge is -2.30. The third-order valence-electron chi connectivity index (χ3n) is 3.72. The molecular formula is C14H23N3O3S2. The summed E-state index contributed by atoms with van der Waals surface area (Å²) in [6.07, 6.45) is 2.47. The molecule has 0 spiro atoms. The minimum Gasteiger partial charge on any atom is -0.356 e. The van der Waals surface area contributed by atoms with E-state index < -0.39 is 10.0 Å². The average Bonchev–Trinajstić information content (AvgIpc) is 2.90. The largest absolute Gasteiger partial charge is 0.356 e. The van der Waals surface area contributed by atoms with Crippen molar-refractivity contribution in [2.24, 2.45) is 0 Å². The number of hydrogen-bond acceptors (Lipinski definition) is 5. The molecule has 0 radical (unpaired) electrons. The number of amides is 1. The number of thiophene rings is 1. The number of carbonyl (C=O) groups excluding carboxylic acids is 1. The topological polar surface area (TPSA) is 87.3 Å². The Kier molecular flexibility index (Phi) is 5.96. The van der Waals surface area contributed by atoms with Gasteiger partial charge in [0.05, 0.1) is 0 Å². The van der Waals surface area contributed by atoms with Gasteiger partial charge in [0.2, 0.25) is 15.9 Å². The zero-order chi connectivity index (χ0) is 16.2. The fourth-order valence-corrected chi connectivity index (χ4v) is 5.18. The summed E-state index contributed by atoms with van der Waals surface area (Å²) in [5.74, 6) is -0.0788. The molecule has 0 aromatic carbocycles. The van der Waals surface area contributed by atoms with Gasteiger partial charge in [-0.1, -0.05) is 0 Å². The predicted octanol–water partition coefficient (Wildman–Crippen LogP) is 0.845. The van der Waals surface area contributed by atoms with E-state index in [-0.39, 0.29) is 18.0 Å². The number of nitrogens with one attached hydrogen (secondary N) is 3. The van der Waals surface area contributed by atoms with Crippen LogP contribution in [0.25, 0.3) is 0 Å². The van der Waals surface area contributed by atoms with Crippen molar-refractivity contribution in [2.45, 2.75) is 49.4 Å². The minimum atomic E-state index is -3.47. The van der Waals surface area contributed by atoms with Crippen LogP contribution in [0, 0.1) is 0 Å². The summed E-state index contributed by atoms with van der Waals surface area (Å²) < 4.78 is 28.0. The third-order valence-corrected chi connectivity index (χ3v) is 6.84. The SMILES string of the molecule is CC(=O)NCCc1ccc(S(=O)(=O)NC2CCCNC2C)s1. The summed E-state index contributed by atoms with van der Waals surface area (Å²) in [5.41, 5.74) is 0. The molecule has 0 aliphatic carbocycles. The molecule has 0 bridgehead atoms. The molecule has 1 aliphatic rings. The van der Waals surface area contributed by atoms with E-state index >= 15 is 0 Å². The van der Waals surface area contributed by atoms with E-state index in [0.717, 1.165) is 24.3 Å². The van der Waals surface area contributed by atoms with Crippen molar-refractivity contribution in [3.05, 3.63) is 17.0 Å². The van der Waals surface area contributed by atoms with E-state index in [4.69, 9.17) is 0 Å². The molecular weight excluding hydrogens is 322 g/mol. The van der Waals surface area contributed by atoms with E-state index in [0.29, 0.717) is 17.2 Å². The van der Waals surface area contributed by atoms with Crippen molar-refractivity contribution in [1.82, 2.24) is 15.4 Å². The lowest BCUT2D eigenvalue weighted by atomic mass is 10.0. The maximum Gasteiger partial charge on any atom is 0.250 e. The molecule has 1 aliphatic heterocycles. The number of sulfonamides is 1. The number of piperidine rings is 1. The second-order valence-electron chi connectivity index (χ2n) is 5.57. The first-order chi connectivity index (χ1) is 10.4. The molecule has 1 saturated heterocycles. The highest BCUT2D eigenvalue weighted by atomic mass is 32.2. The van der Waals surface area contributed by atoms with Gasteiger partial charge in [-0.2, -0.15) is 0 Å². The van der Waals surface area contributed by atoms with Gasteiger partial charge in [-0.05, 0) is 44.9 Å². The van der Waals surface area contributed by atoms with Gasteiger partial charge in [-0.25, -0.2) is 13.1 Å². The van der Waals surface area contributed by atoms with Crippen LogP contribution in [0.5, 0.6) is 0 Å². The van der Waals surface area contributed by atoms with Gasteiger partial charge in [0.1, 0.15) is 4.21 Å². The van der Waals surface area contributed by atoms with Gasteiger partial charge >= 0.3 is 0 Å². The van der Waals surface area contributed by atoms with E-state index in [2.05, 4.69) is 15.4 Å². The van der Waals surface area contributed by atoms with Gasteiger partial charge in [0, 0.05) is 30.4 Å². The van der Waals surface area contributed by atoms with Crippen molar-refractivity contribution in [3.8, 4) is 0 Å². The maximum absolute atomic E-state index is 12.4. The summed E-state index contributed by atoms with van der Waals surface area (Å²) in [5, 5.41) is 5.99. The molecule has 1 aromatic rings. The summed E-state index contributed by atoms with van der Waals surface area (Å²) in [6.45, 7) is 4.92. The van der Waals surface area contributed by atoms with Gasteiger partial charge in [0.15, 0.2) is 0 Å². The molecule has 1 amide bonds. The van der Waals surface area contributed by atoms with Crippen molar-refractivity contribution in [3.63, 3.8) is 0 Å². The third kappa shape index (κ3) is 4.77. The number of rotatable bonds is 6. The molecule has 2 atom stereocenters. The van der Waals surface area contributed by atoms with Gasteiger partial charge in [-0.15, -0.1) is 11.3 Å². The lowest BCUT2D eigenvalue weighted by molar-refractivity contribution is -0.118. The monoisotopic (exact) mass is 345 g/mol. The molecule has 6 nitrogen and oxygen atoms in total. The molecule has 124 valence electrons. The Labute approximate surface area is 135 Å². The molecule has 3 N–H and O–H groups in total. The molecule has 2 heterocycles. The lowest BCUT2D eigenvalue weighted by Crippen LogP contribution is -2.51. The van der Waals surface area contributed by atoms with Crippen molar-refractivity contribution in [1.29, 1.82) is 0 Å². The summed E-state index contributed by atoms with van der Waals surface area (Å²) >= 11 is 1.26. The van der Waals surface area contributed by atoms with Crippen LogP contribution in [0.4, 0.5) is 0 Å². The molecule has 0 saturated carbocycles. The van der Waals surface area contributed by atoms with Crippen LogP contribution in [0.3, 0.4) is 0 Å². The van der Waals surface area contributed by atoms with Crippen molar-refractivity contribution < 1.29 is 13.2 Å². The zero-order valence-electron chi connectivity index (χ0n) is 12.9. The number of carbonyl (C=O) groups is 1. The normalized spacial score (nSPS) is 22.5. The van der Waals surface area contributed by atoms with Crippen LogP contribution in [0.2, 0.25) is 0 Å². The minimum absolute atomic E-state index is 0.0660. The van der Waals surface area contributed by atoms with Gasteiger partial charge in [-0.3, -0.25) is 4.79 Å². The summed E-state index contributed by atoms with van der Waals surface area (Å²) in [4.78, 5) is 11.8. The van der Waals surface area contributed by atoms with Crippen LogP contribution in [-0.2, 0) is 21.2 Å². The smallest absolute Gasteiger partial charge is 0.250 e. The molecule has 2 unspecified atom stereocenters. The zero-order valence-corrected chi connectivity index (χ0v) is 14.5. The standard InChI is InChI=1S/C14H23N3O3S2/c1-10-13(4-3-8-15-10)17-22(19,20)14-6-5-12(21-14)7-9-16-11(2)18/h5-6,10,13,15,17H,3-4,7-9H2,1-2H3,(H,16,18). The Hall–Kier alpha value is -0.960. The summed E-state index contributed by atoms with van der Waals surface area (Å²) in [7, 11) is -3.47. The molecule has 2 rings (SSSR count). The van der Waals surface area contributed by atoms with Crippen LogP contribution >= 0.6 is 11.3 Å². The van der Waals surface area contributed by atoms with Crippen LogP contribution in [0.15, 0.2) is 16.3 Å². The molecule has 8 heteroatoms. The second kappa shape index (κ2) is 7.54. The first-order valence-corrected chi connectivity index (χ1v) is 9.77. The van der Waals surface area contributed by atoms with Gasteiger partial charge < -0.3 is 10.6 Å². The van der Waals surface area contributed by atoms with E-state index in [1.165, 1.54) is 18.3 Å². The highest BCUT2D eigenvalue weighted by molar-refractivity contribution is 7.91. The van der Waals surface area contributed by atoms with Gasteiger partial charge in [0.25, 0.3) is 0 Å². The van der Waals surface area contributed by atoms with E-state index in [1.807, 2.05) is 13.0 Å². The van der Waals surface area contributed by atoms with Crippen LogP contribution in [-0.4, -0.2) is 39.5 Å². The Morgan fingerprint density at radius 2 is 2.23 bits per heavy atom. The van der Waals surface area contributed by atoms with E-state index in [9.17, 15) is 13.2 Å². The van der Waals surface area contributed by atoms with E-state index in [1.54, 1.807) is 6.07 Å². The predicted molar refractivity (Wildman–Crippen MR) is 87.5 cm³/mol. The van der Waals surface area contributed by atoms with Crippen LogP contribution < -0.4 is 15.4 Å². The Bertz CT molecular complexity index is 613. The molecule has 1 fully saturated rings. The maximum atomic E-state index is 12.4. The Morgan fingerprint density at radius 3 is 2.91 bits per heavy atom. The second-order valence-corrected chi connectivity index (χ2v) is 8.68. The fraction of sp³-hybridized carbons (Fsp3) is 0.643. The van der Waals surface area contributed by atoms with Crippen molar-refractivity contribution >= 4 is 27.3 Å². The summed E-state index contributed by atoms with van der Waals surface area (Å²) in [6, 6.07) is 3.52.